The molecule has 0 aliphatic carbocycles. The average Bonchev–Trinajstić information content (AvgIpc) is 2.45. The largest absolute Gasteiger partial charge is 0.248 e. The third-order valence-electron chi connectivity index (χ3n) is 3.50. The molecule has 0 bridgehead atoms. The lowest BCUT2D eigenvalue weighted by molar-refractivity contribution is 1.15. The summed E-state index contributed by atoms with van der Waals surface area (Å²) in [6.07, 6.45) is 1.62. The third-order valence-corrected chi connectivity index (χ3v) is 3.50. The van der Waals surface area contributed by atoms with Gasteiger partial charge in [0.25, 0.3) is 0 Å². The number of rotatable bonds is 0. The molecule has 0 aliphatic heterocycles. The van der Waals surface area contributed by atoms with Crippen LogP contribution in [0, 0.1) is 6.92 Å². The van der Waals surface area contributed by atoms with Crippen molar-refractivity contribution < 1.29 is 0 Å². The lowest BCUT2D eigenvalue weighted by Gasteiger charge is -2.05. The number of pyridine rings is 1. The Balaban J connectivity index is 2.26. The number of aryl methyl sites for hydroxylation is 1. The van der Waals surface area contributed by atoms with Gasteiger partial charge in [0, 0.05) is 21.9 Å². The Hall–Kier alpha value is -2.55. The molecule has 2 aromatic heterocycles. The summed E-state index contributed by atoms with van der Waals surface area (Å²) in [4.78, 5) is 13.4. The summed E-state index contributed by atoms with van der Waals surface area (Å²) in [5.41, 5.74) is 3.97. The fourth-order valence-corrected chi connectivity index (χ4v) is 2.51. The van der Waals surface area contributed by atoms with Crippen LogP contribution in [0.25, 0.3) is 32.7 Å². The highest BCUT2D eigenvalue weighted by Crippen LogP contribution is 2.26. The zero-order chi connectivity index (χ0) is 12.8. The predicted molar refractivity (Wildman–Crippen MR) is 77.1 cm³/mol. The quantitative estimate of drug-likeness (QED) is 0.350. The molecule has 0 saturated heterocycles. The molecule has 90 valence electrons. The van der Waals surface area contributed by atoms with Gasteiger partial charge in [-0.2, -0.15) is 0 Å². The maximum absolute atomic E-state index is 4.70. The molecule has 3 nitrogen and oxygen atoms in total. The van der Waals surface area contributed by atoms with Crippen LogP contribution in [0.1, 0.15) is 5.69 Å². The minimum Gasteiger partial charge on any atom is -0.248 e. The number of hydrogen-bond acceptors (Lipinski definition) is 3. The molecule has 2 heterocycles. The van der Waals surface area contributed by atoms with Crippen molar-refractivity contribution in [3.05, 3.63) is 54.5 Å². The Morgan fingerprint density at radius 2 is 1.74 bits per heavy atom. The van der Waals surface area contributed by atoms with E-state index in [0.717, 1.165) is 38.4 Å². The molecular formula is C16H11N3. The first-order valence-corrected chi connectivity index (χ1v) is 6.23. The molecule has 2 aromatic carbocycles. The van der Waals surface area contributed by atoms with Gasteiger partial charge in [0.05, 0.1) is 16.6 Å². The zero-order valence-corrected chi connectivity index (χ0v) is 10.5. The van der Waals surface area contributed by atoms with Crippen LogP contribution in [0.4, 0.5) is 0 Å². The third kappa shape index (κ3) is 1.48. The van der Waals surface area contributed by atoms with E-state index in [2.05, 4.69) is 28.2 Å². The van der Waals surface area contributed by atoms with Crippen LogP contribution in [0.2, 0.25) is 0 Å². The number of para-hydroxylation sites is 1. The monoisotopic (exact) mass is 245 g/mol. The molecule has 4 aromatic rings. The number of hydrogen-bond donors (Lipinski definition) is 0. The SMILES string of the molecule is Cc1ncnc2c1ccc1nc3ccccc3cc12. The lowest BCUT2D eigenvalue weighted by Crippen LogP contribution is -1.90. The summed E-state index contributed by atoms with van der Waals surface area (Å²) >= 11 is 0. The second kappa shape index (κ2) is 3.72. The highest BCUT2D eigenvalue weighted by Gasteiger charge is 2.06. The van der Waals surface area contributed by atoms with Crippen molar-refractivity contribution in [2.24, 2.45) is 0 Å². The van der Waals surface area contributed by atoms with Crippen molar-refractivity contribution in [3.8, 4) is 0 Å². The molecule has 4 rings (SSSR count). The van der Waals surface area contributed by atoms with Gasteiger partial charge in [-0.25, -0.2) is 15.0 Å². The van der Waals surface area contributed by atoms with Crippen molar-refractivity contribution in [1.29, 1.82) is 0 Å². The van der Waals surface area contributed by atoms with Crippen molar-refractivity contribution >= 4 is 32.7 Å². The molecule has 0 aliphatic rings. The molecule has 0 atom stereocenters. The maximum atomic E-state index is 4.70. The normalized spacial score (nSPS) is 11.4. The molecule has 19 heavy (non-hydrogen) atoms. The summed E-state index contributed by atoms with van der Waals surface area (Å²) in [5.74, 6) is 0. The number of aromatic nitrogens is 3. The van der Waals surface area contributed by atoms with Crippen LogP contribution in [-0.2, 0) is 0 Å². The summed E-state index contributed by atoms with van der Waals surface area (Å²) in [5, 5.41) is 3.31. The van der Waals surface area contributed by atoms with Gasteiger partial charge < -0.3 is 0 Å². The van der Waals surface area contributed by atoms with Gasteiger partial charge in [-0.15, -0.1) is 0 Å². The van der Waals surface area contributed by atoms with Crippen LogP contribution in [-0.4, -0.2) is 15.0 Å². The van der Waals surface area contributed by atoms with Crippen molar-refractivity contribution in [2.45, 2.75) is 6.92 Å². The van der Waals surface area contributed by atoms with Crippen molar-refractivity contribution in [3.63, 3.8) is 0 Å². The summed E-state index contributed by atoms with van der Waals surface area (Å²) < 4.78 is 0. The summed E-state index contributed by atoms with van der Waals surface area (Å²) in [6, 6.07) is 14.4. The van der Waals surface area contributed by atoms with E-state index in [1.807, 2.05) is 31.2 Å². The minimum atomic E-state index is 0.975. The first kappa shape index (κ1) is 10.4. The lowest BCUT2D eigenvalue weighted by atomic mass is 10.1. The van der Waals surface area contributed by atoms with E-state index in [4.69, 9.17) is 4.98 Å². The Kier molecular flexibility index (Phi) is 2.03. The van der Waals surface area contributed by atoms with Crippen molar-refractivity contribution in [2.75, 3.05) is 0 Å². The van der Waals surface area contributed by atoms with E-state index in [9.17, 15) is 0 Å². The Morgan fingerprint density at radius 1 is 0.842 bits per heavy atom. The number of fused-ring (bicyclic) bond motifs is 4. The maximum Gasteiger partial charge on any atom is 0.116 e. The Labute approximate surface area is 110 Å². The number of benzene rings is 2. The van der Waals surface area contributed by atoms with Gasteiger partial charge in [-0.3, -0.25) is 0 Å². The van der Waals surface area contributed by atoms with E-state index in [1.165, 1.54) is 0 Å². The van der Waals surface area contributed by atoms with E-state index in [1.54, 1.807) is 6.33 Å². The zero-order valence-electron chi connectivity index (χ0n) is 10.5. The highest BCUT2D eigenvalue weighted by atomic mass is 14.8. The van der Waals surface area contributed by atoms with E-state index >= 15 is 0 Å². The molecule has 0 N–H and O–H groups in total. The van der Waals surface area contributed by atoms with Crippen LogP contribution >= 0.6 is 0 Å². The van der Waals surface area contributed by atoms with E-state index < -0.39 is 0 Å². The molecule has 0 radical (unpaired) electrons. The van der Waals surface area contributed by atoms with E-state index in [0.29, 0.717) is 0 Å². The van der Waals surface area contributed by atoms with Crippen LogP contribution in [0.5, 0.6) is 0 Å². The van der Waals surface area contributed by atoms with Crippen LogP contribution in [0.3, 0.4) is 0 Å². The second-order valence-corrected chi connectivity index (χ2v) is 4.67. The Bertz CT molecular complexity index is 929. The first-order valence-electron chi connectivity index (χ1n) is 6.23. The van der Waals surface area contributed by atoms with Crippen LogP contribution in [0.15, 0.2) is 48.8 Å². The Morgan fingerprint density at radius 3 is 2.68 bits per heavy atom. The highest BCUT2D eigenvalue weighted by molar-refractivity contribution is 6.07. The van der Waals surface area contributed by atoms with Crippen molar-refractivity contribution in [1.82, 2.24) is 15.0 Å². The summed E-state index contributed by atoms with van der Waals surface area (Å²) in [7, 11) is 0. The minimum absolute atomic E-state index is 0.975. The predicted octanol–water partition coefficient (Wildman–Crippen LogP) is 3.64. The molecule has 0 amide bonds. The summed E-state index contributed by atoms with van der Waals surface area (Å²) in [6.45, 7) is 2.00. The molecule has 0 fully saturated rings. The number of nitrogens with zero attached hydrogens (tertiary/aromatic N) is 3. The van der Waals surface area contributed by atoms with Gasteiger partial charge in [0.15, 0.2) is 0 Å². The molecular weight excluding hydrogens is 234 g/mol. The molecule has 0 spiro atoms. The standard InChI is InChI=1S/C16H11N3/c1-10-12-6-7-15-13(16(12)18-9-17-10)8-11-4-2-3-5-14(11)19-15/h2-9H,1H3. The molecule has 0 saturated carbocycles. The first-order chi connectivity index (χ1) is 9.33. The van der Waals surface area contributed by atoms with Gasteiger partial charge in [0.1, 0.15) is 6.33 Å². The second-order valence-electron chi connectivity index (χ2n) is 4.67. The molecule has 0 unspecified atom stereocenters. The average molecular weight is 245 g/mol. The van der Waals surface area contributed by atoms with Gasteiger partial charge in [0.2, 0.25) is 0 Å². The fraction of sp³-hybridized carbons (Fsp3) is 0.0625. The van der Waals surface area contributed by atoms with E-state index in [-0.39, 0.29) is 0 Å². The topological polar surface area (TPSA) is 38.7 Å². The molecule has 3 heteroatoms. The van der Waals surface area contributed by atoms with Gasteiger partial charge in [-0.05, 0) is 31.2 Å². The van der Waals surface area contributed by atoms with Gasteiger partial charge >= 0.3 is 0 Å². The van der Waals surface area contributed by atoms with Crippen LogP contribution < -0.4 is 0 Å². The van der Waals surface area contributed by atoms with Gasteiger partial charge in [-0.1, -0.05) is 18.2 Å². The fourth-order valence-electron chi connectivity index (χ4n) is 2.51. The smallest absolute Gasteiger partial charge is 0.116 e.